The number of carbonyl (C=O) groups is 1. The summed E-state index contributed by atoms with van der Waals surface area (Å²) in [5, 5.41) is 3.21. The summed E-state index contributed by atoms with van der Waals surface area (Å²) in [6.07, 6.45) is 0.929. The van der Waals surface area contributed by atoms with Crippen LogP contribution in [-0.2, 0) is 9.53 Å². The van der Waals surface area contributed by atoms with Gasteiger partial charge in [0.25, 0.3) is 0 Å². The summed E-state index contributed by atoms with van der Waals surface area (Å²) >= 11 is 0. The lowest BCUT2D eigenvalue weighted by atomic mass is 9.98. The molecule has 1 aliphatic rings. The van der Waals surface area contributed by atoms with Crippen LogP contribution in [0.2, 0.25) is 0 Å². The van der Waals surface area contributed by atoms with Crippen LogP contribution in [-0.4, -0.2) is 31.7 Å². The molecule has 0 aromatic heterocycles. The van der Waals surface area contributed by atoms with E-state index < -0.39 is 0 Å². The van der Waals surface area contributed by atoms with Crippen LogP contribution in [0.4, 0.5) is 0 Å². The molecule has 0 aliphatic carbocycles. The molecule has 0 spiro atoms. The van der Waals surface area contributed by atoms with Crippen molar-refractivity contribution < 1.29 is 9.53 Å². The van der Waals surface area contributed by atoms with E-state index in [9.17, 15) is 4.79 Å². The number of carbonyl (C=O) groups excluding carboxylic acids is 1. The van der Waals surface area contributed by atoms with Crippen molar-refractivity contribution in [1.29, 1.82) is 0 Å². The highest BCUT2D eigenvalue weighted by molar-refractivity contribution is 5.80. The second-order valence-electron chi connectivity index (χ2n) is 4.31. The van der Waals surface area contributed by atoms with Crippen molar-refractivity contribution in [2.75, 3.05) is 19.8 Å². The van der Waals surface area contributed by atoms with E-state index in [1.54, 1.807) is 0 Å². The first-order valence-corrected chi connectivity index (χ1v) is 5.21. The van der Waals surface area contributed by atoms with Crippen molar-refractivity contribution in [3.05, 3.63) is 0 Å². The Morgan fingerprint density at radius 3 is 2.79 bits per heavy atom. The zero-order chi connectivity index (χ0) is 10.6. The van der Waals surface area contributed by atoms with Gasteiger partial charge in [0.2, 0.25) is 5.91 Å². The maximum Gasteiger partial charge on any atom is 0.234 e. The molecule has 4 nitrogen and oxygen atoms in total. The number of primary amides is 1. The molecule has 2 atom stereocenters. The third-order valence-electron chi connectivity index (χ3n) is 2.49. The highest BCUT2D eigenvalue weighted by atomic mass is 16.5. The number of rotatable bonds is 5. The average Bonchev–Trinajstić information content (AvgIpc) is 2.56. The quantitative estimate of drug-likeness (QED) is 0.662. The van der Waals surface area contributed by atoms with Crippen LogP contribution in [0, 0.1) is 11.8 Å². The van der Waals surface area contributed by atoms with E-state index in [1.165, 1.54) is 0 Å². The molecular weight excluding hydrogens is 180 g/mol. The first kappa shape index (κ1) is 11.5. The Morgan fingerprint density at radius 2 is 2.36 bits per heavy atom. The van der Waals surface area contributed by atoms with Gasteiger partial charge < -0.3 is 15.8 Å². The second-order valence-corrected chi connectivity index (χ2v) is 4.31. The Balaban J connectivity index is 2.42. The number of hydrogen-bond acceptors (Lipinski definition) is 3. The highest BCUT2D eigenvalue weighted by Crippen LogP contribution is 2.16. The molecule has 0 saturated carbocycles. The van der Waals surface area contributed by atoms with Gasteiger partial charge in [-0.25, -0.2) is 0 Å². The van der Waals surface area contributed by atoms with Gasteiger partial charge in [0.05, 0.1) is 12.6 Å². The molecule has 1 aliphatic heterocycles. The number of hydrogen-bond donors (Lipinski definition) is 2. The maximum atomic E-state index is 11.2. The molecule has 1 saturated heterocycles. The van der Waals surface area contributed by atoms with Crippen molar-refractivity contribution in [3.63, 3.8) is 0 Å². The van der Waals surface area contributed by atoms with Gasteiger partial charge in [0, 0.05) is 12.5 Å². The van der Waals surface area contributed by atoms with Gasteiger partial charge in [-0.2, -0.15) is 0 Å². The van der Waals surface area contributed by atoms with Gasteiger partial charge in [-0.3, -0.25) is 4.79 Å². The third kappa shape index (κ3) is 3.27. The molecule has 3 N–H and O–H groups in total. The van der Waals surface area contributed by atoms with Crippen molar-refractivity contribution >= 4 is 5.91 Å². The Morgan fingerprint density at radius 1 is 1.64 bits per heavy atom. The van der Waals surface area contributed by atoms with E-state index in [-0.39, 0.29) is 17.9 Å². The minimum Gasteiger partial charge on any atom is -0.381 e. The predicted octanol–water partition coefficient (Wildman–Crippen LogP) is 0.122. The molecule has 1 amide bonds. The Hall–Kier alpha value is -0.610. The molecule has 1 rings (SSSR count). The number of ether oxygens (including phenoxy) is 1. The molecule has 14 heavy (non-hydrogen) atoms. The van der Waals surface area contributed by atoms with Crippen LogP contribution in [0.1, 0.15) is 20.3 Å². The Bertz CT molecular complexity index is 189. The average molecular weight is 200 g/mol. The summed E-state index contributed by atoms with van der Waals surface area (Å²) in [5.74, 6) is 0.520. The smallest absolute Gasteiger partial charge is 0.234 e. The molecular formula is C10H20N2O2. The summed E-state index contributed by atoms with van der Waals surface area (Å²) in [6.45, 7) is 6.44. The van der Waals surface area contributed by atoms with E-state index in [0.717, 1.165) is 19.6 Å². The van der Waals surface area contributed by atoms with Crippen molar-refractivity contribution in [2.24, 2.45) is 17.6 Å². The lowest BCUT2D eigenvalue weighted by Gasteiger charge is -2.21. The topological polar surface area (TPSA) is 64.3 Å². The second kappa shape index (κ2) is 5.32. The Kier molecular flexibility index (Phi) is 4.35. The minimum absolute atomic E-state index is 0.222. The normalized spacial score (nSPS) is 24.1. The van der Waals surface area contributed by atoms with Crippen LogP contribution in [0.15, 0.2) is 0 Å². The SMILES string of the molecule is CC(C)CNC(C(N)=O)C1CCOC1. The van der Waals surface area contributed by atoms with Gasteiger partial charge in [-0.15, -0.1) is 0 Å². The zero-order valence-electron chi connectivity index (χ0n) is 8.95. The van der Waals surface area contributed by atoms with E-state index in [1.807, 2.05) is 0 Å². The van der Waals surface area contributed by atoms with Gasteiger partial charge >= 0.3 is 0 Å². The third-order valence-corrected chi connectivity index (χ3v) is 2.49. The van der Waals surface area contributed by atoms with Crippen molar-refractivity contribution in [3.8, 4) is 0 Å². The molecule has 1 fully saturated rings. The van der Waals surface area contributed by atoms with E-state index in [2.05, 4.69) is 19.2 Å². The fourth-order valence-electron chi connectivity index (χ4n) is 1.68. The van der Waals surface area contributed by atoms with Crippen LogP contribution in [0.5, 0.6) is 0 Å². The van der Waals surface area contributed by atoms with Crippen LogP contribution in [0.25, 0.3) is 0 Å². The summed E-state index contributed by atoms with van der Waals surface area (Å²) in [6, 6.07) is -0.222. The van der Waals surface area contributed by atoms with Gasteiger partial charge in [0.1, 0.15) is 0 Å². The fourth-order valence-corrected chi connectivity index (χ4v) is 1.68. The molecule has 0 radical (unpaired) electrons. The molecule has 1 heterocycles. The first-order valence-electron chi connectivity index (χ1n) is 5.21. The van der Waals surface area contributed by atoms with E-state index in [4.69, 9.17) is 10.5 Å². The van der Waals surface area contributed by atoms with E-state index >= 15 is 0 Å². The number of amides is 1. The lowest BCUT2D eigenvalue weighted by Crippen LogP contribution is -2.48. The predicted molar refractivity (Wildman–Crippen MR) is 54.7 cm³/mol. The van der Waals surface area contributed by atoms with Gasteiger partial charge in [0.15, 0.2) is 0 Å². The van der Waals surface area contributed by atoms with E-state index in [0.29, 0.717) is 12.5 Å². The number of nitrogens with two attached hydrogens (primary N) is 1. The minimum atomic E-state index is -0.263. The molecule has 0 aromatic carbocycles. The summed E-state index contributed by atoms with van der Waals surface area (Å²) in [7, 11) is 0. The largest absolute Gasteiger partial charge is 0.381 e. The zero-order valence-corrected chi connectivity index (χ0v) is 8.95. The molecule has 0 aromatic rings. The van der Waals surface area contributed by atoms with Gasteiger partial charge in [-0.05, 0) is 18.9 Å². The monoisotopic (exact) mass is 200 g/mol. The first-order chi connectivity index (χ1) is 6.61. The molecule has 4 heteroatoms. The highest BCUT2D eigenvalue weighted by Gasteiger charge is 2.29. The Labute approximate surface area is 85.2 Å². The molecule has 2 unspecified atom stereocenters. The molecule has 0 bridgehead atoms. The van der Waals surface area contributed by atoms with Crippen molar-refractivity contribution in [2.45, 2.75) is 26.3 Å². The van der Waals surface area contributed by atoms with Crippen LogP contribution >= 0.6 is 0 Å². The van der Waals surface area contributed by atoms with Crippen LogP contribution < -0.4 is 11.1 Å². The van der Waals surface area contributed by atoms with Crippen molar-refractivity contribution in [1.82, 2.24) is 5.32 Å². The lowest BCUT2D eigenvalue weighted by molar-refractivity contribution is -0.121. The molecule has 82 valence electrons. The summed E-state index contributed by atoms with van der Waals surface area (Å²) < 4.78 is 5.25. The fraction of sp³-hybridized carbons (Fsp3) is 0.900. The maximum absolute atomic E-state index is 11.2. The summed E-state index contributed by atoms with van der Waals surface area (Å²) in [5.41, 5.74) is 5.35. The summed E-state index contributed by atoms with van der Waals surface area (Å²) in [4.78, 5) is 11.2. The van der Waals surface area contributed by atoms with Gasteiger partial charge in [-0.1, -0.05) is 13.8 Å². The number of nitrogens with one attached hydrogen (secondary N) is 1. The van der Waals surface area contributed by atoms with Crippen LogP contribution in [0.3, 0.4) is 0 Å². The standard InChI is InChI=1S/C10H20N2O2/c1-7(2)5-12-9(10(11)13)8-3-4-14-6-8/h7-9,12H,3-6H2,1-2H3,(H2,11,13).